The van der Waals surface area contributed by atoms with Crippen molar-refractivity contribution in [1.82, 2.24) is 15.3 Å². The highest BCUT2D eigenvalue weighted by Crippen LogP contribution is 2.32. The number of nitrogens with zero attached hydrogens (tertiary/aromatic N) is 1. The van der Waals surface area contributed by atoms with E-state index in [0.29, 0.717) is 32.8 Å². The average molecular weight is 417 g/mol. The lowest BCUT2D eigenvalue weighted by atomic mass is 9.87. The minimum absolute atomic E-state index is 0.0480. The lowest BCUT2D eigenvalue weighted by molar-refractivity contribution is 0.0923. The Morgan fingerprint density at radius 3 is 2.54 bits per heavy atom. The van der Waals surface area contributed by atoms with Crippen LogP contribution in [0.2, 0.25) is 10.0 Å². The number of amides is 1. The highest BCUT2D eigenvalue weighted by atomic mass is 35.5. The van der Waals surface area contributed by atoms with Gasteiger partial charge in [-0.1, -0.05) is 36.2 Å². The van der Waals surface area contributed by atoms with Crippen LogP contribution in [0, 0.1) is 5.92 Å². The molecule has 0 spiro atoms. The molecular formula is C21H22Cl2N4O. The second-order valence-electron chi connectivity index (χ2n) is 7.47. The van der Waals surface area contributed by atoms with Crippen molar-refractivity contribution in [1.29, 1.82) is 0 Å². The van der Waals surface area contributed by atoms with Gasteiger partial charge in [-0.05, 0) is 61.9 Å². The van der Waals surface area contributed by atoms with Gasteiger partial charge in [-0.3, -0.25) is 4.79 Å². The number of nitrogens with one attached hydrogen (secondary N) is 3. The molecule has 4 rings (SSSR count). The number of H-pyrrole nitrogens is 1. The van der Waals surface area contributed by atoms with Gasteiger partial charge in [0.15, 0.2) is 0 Å². The monoisotopic (exact) mass is 416 g/mol. The normalized spacial score (nSPS) is 19.5. The lowest BCUT2D eigenvalue weighted by Gasteiger charge is -2.26. The van der Waals surface area contributed by atoms with Gasteiger partial charge in [0, 0.05) is 11.6 Å². The summed E-state index contributed by atoms with van der Waals surface area (Å²) in [6.07, 6.45) is 4.43. The zero-order valence-electron chi connectivity index (χ0n) is 15.6. The number of hydrogen-bond acceptors (Lipinski definition) is 3. The first-order chi connectivity index (χ1) is 13.5. The molecule has 146 valence electrons. The van der Waals surface area contributed by atoms with Crippen LogP contribution >= 0.6 is 23.2 Å². The molecule has 1 aliphatic rings. The second-order valence-corrected chi connectivity index (χ2v) is 8.28. The van der Waals surface area contributed by atoms with Gasteiger partial charge in [0.1, 0.15) is 0 Å². The van der Waals surface area contributed by atoms with Crippen LogP contribution in [0.3, 0.4) is 0 Å². The van der Waals surface area contributed by atoms with Gasteiger partial charge >= 0.3 is 0 Å². The first kappa shape index (κ1) is 19.1. The van der Waals surface area contributed by atoms with Gasteiger partial charge in [-0.25, -0.2) is 4.98 Å². The Kier molecular flexibility index (Phi) is 5.47. The Morgan fingerprint density at radius 2 is 1.82 bits per heavy atom. The molecule has 0 atom stereocenters. The van der Waals surface area contributed by atoms with Crippen molar-refractivity contribution in [2.24, 2.45) is 5.92 Å². The maximum Gasteiger partial charge on any atom is 0.251 e. The fraction of sp³-hybridized carbons (Fsp3) is 0.333. The highest BCUT2D eigenvalue weighted by Gasteiger charge is 2.20. The van der Waals surface area contributed by atoms with Gasteiger partial charge in [-0.2, -0.15) is 0 Å². The van der Waals surface area contributed by atoms with E-state index < -0.39 is 0 Å². The Labute approximate surface area is 173 Å². The van der Waals surface area contributed by atoms with Crippen LogP contribution in [-0.2, 0) is 0 Å². The summed E-state index contributed by atoms with van der Waals surface area (Å²) in [5.74, 6) is 1.23. The van der Waals surface area contributed by atoms with E-state index in [0.717, 1.165) is 24.3 Å². The topological polar surface area (TPSA) is 69.8 Å². The van der Waals surface area contributed by atoms with Crippen molar-refractivity contribution in [3.63, 3.8) is 0 Å². The number of carbonyl (C=O) groups is 1. The van der Waals surface area contributed by atoms with Crippen LogP contribution in [-0.4, -0.2) is 21.9 Å². The predicted octanol–water partition coefficient (Wildman–Crippen LogP) is 5.92. The van der Waals surface area contributed by atoms with E-state index in [1.165, 1.54) is 12.8 Å². The Hall–Kier alpha value is -2.24. The molecule has 0 bridgehead atoms. The van der Waals surface area contributed by atoms with E-state index in [-0.39, 0.29) is 11.9 Å². The number of aromatic nitrogens is 2. The lowest BCUT2D eigenvalue weighted by Crippen LogP contribution is -2.37. The Morgan fingerprint density at radius 1 is 1.11 bits per heavy atom. The number of aromatic amines is 1. The standard InChI is InChI=1S/C21H22Cl2N4O/c1-12-5-8-14(9-6-12)24-20(28)13-7-10-17-18(11-13)26-21(25-17)27-19-15(22)3-2-4-16(19)23/h2-4,7,10-12,14H,5-6,8-9H2,1H3,(H,24,28)(H2,25,26,27). The molecule has 0 saturated heterocycles. The molecule has 1 aliphatic carbocycles. The molecule has 7 heteroatoms. The summed E-state index contributed by atoms with van der Waals surface area (Å²) in [4.78, 5) is 20.3. The van der Waals surface area contributed by atoms with E-state index in [1.54, 1.807) is 24.3 Å². The van der Waals surface area contributed by atoms with Crippen molar-refractivity contribution >= 4 is 51.8 Å². The Balaban J connectivity index is 1.51. The molecule has 1 saturated carbocycles. The molecule has 1 aromatic heterocycles. The molecule has 28 heavy (non-hydrogen) atoms. The summed E-state index contributed by atoms with van der Waals surface area (Å²) in [7, 11) is 0. The Bertz CT molecular complexity index is 989. The summed E-state index contributed by atoms with van der Waals surface area (Å²) in [6, 6.07) is 11.0. The summed E-state index contributed by atoms with van der Waals surface area (Å²) in [5, 5.41) is 7.29. The third-order valence-electron chi connectivity index (χ3n) is 5.30. The van der Waals surface area contributed by atoms with Crippen molar-refractivity contribution in [2.45, 2.75) is 38.6 Å². The van der Waals surface area contributed by atoms with Crippen molar-refractivity contribution in [3.8, 4) is 0 Å². The van der Waals surface area contributed by atoms with Gasteiger partial charge in [0.25, 0.3) is 5.91 Å². The van der Waals surface area contributed by atoms with E-state index in [4.69, 9.17) is 23.2 Å². The van der Waals surface area contributed by atoms with E-state index in [2.05, 4.69) is 27.5 Å². The summed E-state index contributed by atoms with van der Waals surface area (Å²) < 4.78 is 0. The molecule has 1 amide bonds. The zero-order chi connectivity index (χ0) is 19.7. The van der Waals surface area contributed by atoms with Crippen LogP contribution in [0.4, 0.5) is 11.6 Å². The van der Waals surface area contributed by atoms with E-state index in [9.17, 15) is 4.79 Å². The number of hydrogen-bond donors (Lipinski definition) is 3. The number of fused-ring (bicyclic) bond motifs is 1. The third kappa shape index (κ3) is 4.10. The third-order valence-corrected chi connectivity index (χ3v) is 5.93. The van der Waals surface area contributed by atoms with Crippen molar-refractivity contribution < 1.29 is 4.79 Å². The van der Waals surface area contributed by atoms with Crippen LogP contribution in [0.25, 0.3) is 11.0 Å². The highest BCUT2D eigenvalue weighted by molar-refractivity contribution is 6.39. The first-order valence-electron chi connectivity index (χ1n) is 9.51. The predicted molar refractivity (Wildman–Crippen MR) is 115 cm³/mol. The number of benzene rings is 2. The fourth-order valence-electron chi connectivity index (χ4n) is 3.62. The van der Waals surface area contributed by atoms with Gasteiger partial charge in [0.05, 0.1) is 26.8 Å². The largest absolute Gasteiger partial charge is 0.349 e. The van der Waals surface area contributed by atoms with Gasteiger partial charge in [-0.15, -0.1) is 0 Å². The molecule has 0 radical (unpaired) electrons. The van der Waals surface area contributed by atoms with Crippen molar-refractivity contribution in [3.05, 3.63) is 52.0 Å². The van der Waals surface area contributed by atoms with Crippen LogP contribution in [0.15, 0.2) is 36.4 Å². The van der Waals surface area contributed by atoms with Crippen LogP contribution in [0.5, 0.6) is 0 Å². The molecular weight excluding hydrogens is 395 g/mol. The molecule has 3 N–H and O–H groups in total. The molecule has 5 nitrogen and oxygen atoms in total. The van der Waals surface area contributed by atoms with E-state index in [1.807, 2.05) is 12.1 Å². The summed E-state index contributed by atoms with van der Waals surface area (Å²) >= 11 is 12.4. The average Bonchev–Trinajstić information content (AvgIpc) is 3.08. The molecule has 1 heterocycles. The second kappa shape index (κ2) is 8.02. The fourth-order valence-corrected chi connectivity index (χ4v) is 4.11. The quantitative estimate of drug-likeness (QED) is 0.493. The number of anilines is 2. The SMILES string of the molecule is CC1CCC(NC(=O)c2ccc3[nH]c(Nc4c(Cl)cccc4Cl)nc3c2)CC1. The van der Waals surface area contributed by atoms with Gasteiger partial charge in [0.2, 0.25) is 5.95 Å². The minimum Gasteiger partial charge on any atom is -0.349 e. The first-order valence-corrected chi connectivity index (χ1v) is 10.3. The number of carbonyl (C=O) groups excluding carboxylic acids is 1. The van der Waals surface area contributed by atoms with Crippen LogP contribution in [0.1, 0.15) is 43.0 Å². The van der Waals surface area contributed by atoms with E-state index >= 15 is 0 Å². The number of imidazole rings is 1. The van der Waals surface area contributed by atoms with Gasteiger partial charge < -0.3 is 15.6 Å². The minimum atomic E-state index is -0.0480. The summed E-state index contributed by atoms with van der Waals surface area (Å²) in [6.45, 7) is 2.27. The maximum atomic E-state index is 12.6. The molecule has 1 fully saturated rings. The number of rotatable bonds is 4. The number of halogens is 2. The van der Waals surface area contributed by atoms with Crippen molar-refractivity contribution in [2.75, 3.05) is 5.32 Å². The smallest absolute Gasteiger partial charge is 0.251 e. The maximum absolute atomic E-state index is 12.6. The molecule has 2 aromatic carbocycles. The molecule has 3 aromatic rings. The number of para-hydroxylation sites is 1. The molecule has 0 unspecified atom stereocenters. The summed E-state index contributed by atoms with van der Waals surface area (Å²) in [5.41, 5.74) is 2.73. The molecule has 0 aliphatic heterocycles. The zero-order valence-corrected chi connectivity index (χ0v) is 17.1. The van der Waals surface area contributed by atoms with Crippen LogP contribution < -0.4 is 10.6 Å².